The third kappa shape index (κ3) is 1.81. The number of aliphatic hydroxyl groups excluding tert-OH is 1. The molecular weight excluding hydrogens is 232 g/mol. The van der Waals surface area contributed by atoms with Crippen molar-refractivity contribution < 1.29 is 5.11 Å². The van der Waals surface area contributed by atoms with Crippen molar-refractivity contribution in [3.05, 3.63) is 58.7 Å². The summed E-state index contributed by atoms with van der Waals surface area (Å²) in [5, 5.41) is 11.3. The van der Waals surface area contributed by atoms with Crippen LogP contribution in [0.4, 0.5) is 0 Å². The minimum Gasteiger partial charge on any atom is -0.383 e. The average Bonchev–Trinajstić information content (AvgIpc) is 2.91. The lowest BCUT2D eigenvalue weighted by Crippen LogP contribution is -1.99. The highest BCUT2D eigenvalue weighted by Crippen LogP contribution is 2.29. The lowest BCUT2D eigenvalue weighted by molar-refractivity contribution is 0.225. The molecule has 0 bridgehead atoms. The molecule has 0 aliphatic rings. The van der Waals surface area contributed by atoms with E-state index >= 15 is 0 Å². The van der Waals surface area contributed by atoms with Gasteiger partial charge in [-0.2, -0.15) is 0 Å². The number of rotatable bonds is 2. The van der Waals surface area contributed by atoms with Crippen LogP contribution in [0.15, 0.2) is 48.2 Å². The van der Waals surface area contributed by atoms with Crippen molar-refractivity contribution in [2.75, 3.05) is 0 Å². The number of aromatic nitrogens is 2. The molecule has 0 spiro atoms. The van der Waals surface area contributed by atoms with Crippen LogP contribution in [-0.2, 0) is 0 Å². The topological polar surface area (TPSA) is 46.0 Å². The Labute approximate surface area is 102 Å². The molecule has 17 heavy (non-hydrogen) atoms. The van der Waals surface area contributed by atoms with Crippen LogP contribution in [0.2, 0.25) is 0 Å². The minimum absolute atomic E-state index is 0.652. The highest BCUT2D eigenvalue weighted by atomic mass is 32.1. The van der Waals surface area contributed by atoms with Crippen molar-refractivity contribution in [2.24, 2.45) is 0 Å². The van der Waals surface area contributed by atoms with Gasteiger partial charge in [-0.1, -0.05) is 24.3 Å². The van der Waals surface area contributed by atoms with Gasteiger partial charge in [-0.25, -0.2) is 0 Å². The van der Waals surface area contributed by atoms with E-state index in [0.717, 1.165) is 21.3 Å². The highest BCUT2D eigenvalue weighted by molar-refractivity contribution is 7.09. The largest absolute Gasteiger partial charge is 0.383 e. The van der Waals surface area contributed by atoms with E-state index in [0.29, 0.717) is 0 Å². The molecule has 0 fully saturated rings. The van der Waals surface area contributed by atoms with E-state index in [-0.39, 0.29) is 0 Å². The lowest BCUT2D eigenvalue weighted by Gasteiger charge is -2.10. The lowest BCUT2D eigenvalue weighted by atomic mass is 10.0. The molecule has 4 heteroatoms. The normalized spacial score (nSPS) is 12.8. The molecule has 0 amide bonds. The van der Waals surface area contributed by atoms with Crippen molar-refractivity contribution in [2.45, 2.75) is 6.10 Å². The van der Waals surface area contributed by atoms with E-state index in [2.05, 4.69) is 9.97 Å². The number of thiazole rings is 1. The van der Waals surface area contributed by atoms with Gasteiger partial charge >= 0.3 is 0 Å². The fourth-order valence-corrected chi connectivity index (χ4v) is 2.48. The Bertz CT molecular complexity index is 631. The third-order valence-electron chi connectivity index (χ3n) is 2.68. The molecule has 2 aromatic heterocycles. The summed E-state index contributed by atoms with van der Waals surface area (Å²) in [6, 6.07) is 9.71. The molecule has 1 N–H and O–H groups in total. The van der Waals surface area contributed by atoms with Crippen LogP contribution in [0, 0.1) is 0 Å². The van der Waals surface area contributed by atoms with Crippen LogP contribution < -0.4 is 0 Å². The van der Waals surface area contributed by atoms with Crippen LogP contribution >= 0.6 is 11.3 Å². The second kappa shape index (κ2) is 4.24. The molecule has 3 aromatic rings. The molecule has 3 nitrogen and oxygen atoms in total. The maximum absolute atomic E-state index is 10.3. The molecule has 0 aliphatic carbocycles. The van der Waals surface area contributed by atoms with Gasteiger partial charge in [-0.3, -0.25) is 9.97 Å². The third-order valence-corrected chi connectivity index (χ3v) is 3.51. The van der Waals surface area contributed by atoms with E-state index in [4.69, 9.17) is 0 Å². The number of pyridine rings is 1. The first kappa shape index (κ1) is 10.4. The first-order valence-electron chi connectivity index (χ1n) is 5.26. The Morgan fingerprint density at radius 2 is 2.06 bits per heavy atom. The zero-order chi connectivity index (χ0) is 11.7. The van der Waals surface area contributed by atoms with E-state index in [1.165, 1.54) is 11.3 Å². The molecule has 1 atom stereocenters. The Morgan fingerprint density at radius 1 is 1.18 bits per heavy atom. The second-order valence-electron chi connectivity index (χ2n) is 3.73. The summed E-state index contributed by atoms with van der Waals surface area (Å²) in [5.41, 5.74) is 3.39. The molecule has 0 saturated heterocycles. The Morgan fingerprint density at radius 3 is 2.88 bits per heavy atom. The Kier molecular flexibility index (Phi) is 2.59. The van der Waals surface area contributed by atoms with Gasteiger partial charge < -0.3 is 5.11 Å². The quantitative estimate of drug-likeness (QED) is 0.751. The Balaban J connectivity index is 2.17. The molecule has 1 unspecified atom stereocenters. The van der Waals surface area contributed by atoms with Gasteiger partial charge in [0.15, 0.2) is 0 Å². The summed E-state index contributed by atoms with van der Waals surface area (Å²) in [6.45, 7) is 0. The van der Waals surface area contributed by atoms with Crippen molar-refractivity contribution in [1.82, 2.24) is 9.97 Å². The minimum atomic E-state index is -0.652. The molecule has 3 rings (SSSR count). The van der Waals surface area contributed by atoms with Crippen molar-refractivity contribution >= 4 is 22.2 Å². The molecule has 0 aliphatic heterocycles. The summed E-state index contributed by atoms with van der Waals surface area (Å²) >= 11 is 1.45. The van der Waals surface area contributed by atoms with Crippen molar-refractivity contribution in [3.63, 3.8) is 0 Å². The van der Waals surface area contributed by atoms with Crippen molar-refractivity contribution in [1.29, 1.82) is 0 Å². The summed E-state index contributed by atoms with van der Waals surface area (Å²) < 4.78 is 0. The number of benzene rings is 1. The van der Waals surface area contributed by atoms with Gasteiger partial charge in [-0.15, -0.1) is 11.3 Å². The predicted molar refractivity (Wildman–Crippen MR) is 67.9 cm³/mol. The summed E-state index contributed by atoms with van der Waals surface area (Å²) in [7, 11) is 0. The predicted octanol–water partition coefficient (Wildman–Crippen LogP) is 2.77. The number of fused-ring (bicyclic) bond motifs is 1. The molecular formula is C13H10N2OS. The zero-order valence-electron chi connectivity index (χ0n) is 8.95. The number of nitrogens with zero attached hydrogens (tertiary/aromatic N) is 2. The maximum atomic E-state index is 10.3. The molecule has 0 radical (unpaired) electrons. The fraction of sp³-hybridized carbons (Fsp3) is 0.0769. The monoisotopic (exact) mass is 242 g/mol. The summed E-state index contributed by atoms with van der Waals surface area (Å²) in [5.74, 6) is 0. The smallest absolute Gasteiger partial charge is 0.117 e. The standard InChI is InChI=1S/C13H10N2OS/c16-13(11-7-14-8-17-11)10-5-1-3-9-4-2-6-15-12(9)10/h1-8,13,16H. The summed E-state index contributed by atoms with van der Waals surface area (Å²) in [4.78, 5) is 9.16. The van der Waals surface area contributed by atoms with Gasteiger partial charge in [0.25, 0.3) is 0 Å². The molecule has 0 saturated carbocycles. The van der Waals surface area contributed by atoms with Gasteiger partial charge in [0, 0.05) is 23.3 Å². The maximum Gasteiger partial charge on any atom is 0.117 e. The van der Waals surface area contributed by atoms with E-state index < -0.39 is 6.10 Å². The fourth-order valence-electron chi connectivity index (χ4n) is 1.86. The second-order valence-corrected chi connectivity index (χ2v) is 4.65. The van der Waals surface area contributed by atoms with Crippen LogP contribution in [0.5, 0.6) is 0 Å². The van der Waals surface area contributed by atoms with Gasteiger partial charge in [0.05, 0.1) is 15.9 Å². The number of aliphatic hydroxyl groups is 1. The number of hydrogen-bond acceptors (Lipinski definition) is 4. The van der Waals surface area contributed by atoms with Crippen LogP contribution in [0.25, 0.3) is 10.9 Å². The first-order valence-corrected chi connectivity index (χ1v) is 6.14. The first-order chi connectivity index (χ1) is 8.36. The average molecular weight is 242 g/mol. The van der Waals surface area contributed by atoms with Crippen LogP contribution in [-0.4, -0.2) is 15.1 Å². The molecule has 1 aromatic carbocycles. The van der Waals surface area contributed by atoms with Gasteiger partial charge in [-0.05, 0) is 6.07 Å². The number of hydrogen-bond donors (Lipinski definition) is 1. The zero-order valence-corrected chi connectivity index (χ0v) is 9.76. The van der Waals surface area contributed by atoms with Crippen LogP contribution in [0.3, 0.4) is 0 Å². The molecule has 84 valence electrons. The van der Waals surface area contributed by atoms with Crippen molar-refractivity contribution in [3.8, 4) is 0 Å². The Hall–Kier alpha value is -1.78. The van der Waals surface area contributed by atoms with E-state index in [1.807, 2.05) is 30.3 Å². The van der Waals surface area contributed by atoms with E-state index in [1.54, 1.807) is 17.9 Å². The number of para-hydroxylation sites is 1. The van der Waals surface area contributed by atoms with Crippen LogP contribution in [0.1, 0.15) is 16.5 Å². The molecule has 2 heterocycles. The van der Waals surface area contributed by atoms with E-state index in [9.17, 15) is 5.11 Å². The SMILES string of the molecule is OC(c1cncs1)c1cccc2cccnc12. The highest BCUT2D eigenvalue weighted by Gasteiger charge is 2.15. The van der Waals surface area contributed by atoms with Gasteiger partial charge in [0.1, 0.15) is 6.10 Å². The van der Waals surface area contributed by atoms with Gasteiger partial charge in [0.2, 0.25) is 0 Å². The summed E-state index contributed by atoms with van der Waals surface area (Å²) in [6.07, 6.45) is 2.78.